The van der Waals surface area contributed by atoms with Gasteiger partial charge in [-0.1, -0.05) is 0 Å². The van der Waals surface area contributed by atoms with Crippen LogP contribution in [0.2, 0.25) is 0 Å². The number of hydrogen-bond acceptors (Lipinski definition) is 3. The van der Waals surface area contributed by atoms with Gasteiger partial charge in [0, 0.05) is 31.7 Å². The fourth-order valence-electron chi connectivity index (χ4n) is 2.27. The molecule has 2 fully saturated rings. The number of nitrogens with one attached hydrogen (secondary N) is 1. The van der Waals surface area contributed by atoms with E-state index in [1.54, 1.807) is 0 Å². The summed E-state index contributed by atoms with van der Waals surface area (Å²) in [5.41, 5.74) is 0. The second-order valence-electron chi connectivity index (χ2n) is 4.35. The Bertz CT molecular complexity index is 172. The van der Waals surface area contributed by atoms with Gasteiger partial charge in [0.25, 0.3) is 0 Å². The molecule has 2 saturated heterocycles. The smallest absolute Gasteiger partial charge is 0.0855 e. The molecule has 0 amide bonds. The lowest BCUT2D eigenvalue weighted by molar-refractivity contribution is -0.0533. The maximum absolute atomic E-state index is 5.76. The molecule has 3 heteroatoms. The lowest BCUT2D eigenvalue weighted by Crippen LogP contribution is -2.58. The highest BCUT2D eigenvalue weighted by Crippen LogP contribution is 2.18. The van der Waals surface area contributed by atoms with Gasteiger partial charge in [-0.05, 0) is 20.3 Å². The minimum absolute atomic E-state index is 0.435. The summed E-state index contributed by atoms with van der Waals surface area (Å²) in [5.74, 6) is 0. The van der Waals surface area contributed by atoms with Gasteiger partial charge in [-0.25, -0.2) is 0 Å². The molecule has 0 spiro atoms. The van der Waals surface area contributed by atoms with E-state index in [0.717, 1.165) is 19.7 Å². The average Bonchev–Trinajstić information content (AvgIpc) is 2.17. The Morgan fingerprint density at radius 2 is 2.31 bits per heavy atom. The van der Waals surface area contributed by atoms with Gasteiger partial charge in [0.15, 0.2) is 0 Å². The van der Waals surface area contributed by atoms with Gasteiger partial charge in [-0.2, -0.15) is 0 Å². The minimum Gasteiger partial charge on any atom is -0.374 e. The molecule has 0 saturated carbocycles. The number of fused-ring (bicyclic) bond motifs is 1. The van der Waals surface area contributed by atoms with Crippen molar-refractivity contribution in [2.24, 2.45) is 0 Å². The maximum Gasteiger partial charge on any atom is 0.0855 e. The summed E-state index contributed by atoms with van der Waals surface area (Å²) in [4.78, 5) is 2.51. The molecule has 0 unspecified atom stereocenters. The van der Waals surface area contributed by atoms with Crippen LogP contribution < -0.4 is 5.32 Å². The van der Waals surface area contributed by atoms with Crippen molar-refractivity contribution < 1.29 is 4.74 Å². The predicted octanol–water partition coefficient (Wildman–Crippen LogP) is 0.457. The van der Waals surface area contributed by atoms with Crippen LogP contribution in [0.3, 0.4) is 0 Å². The fraction of sp³-hybridized carbons (Fsp3) is 1.00. The first kappa shape index (κ1) is 9.44. The van der Waals surface area contributed by atoms with Crippen LogP contribution in [0.1, 0.15) is 20.3 Å². The summed E-state index contributed by atoms with van der Waals surface area (Å²) in [6.45, 7) is 8.76. The van der Waals surface area contributed by atoms with Crippen molar-refractivity contribution in [1.82, 2.24) is 10.2 Å². The van der Waals surface area contributed by atoms with E-state index in [-0.39, 0.29) is 0 Å². The van der Waals surface area contributed by atoms with Crippen molar-refractivity contribution in [3.8, 4) is 0 Å². The van der Waals surface area contributed by atoms with Crippen LogP contribution in [0.5, 0.6) is 0 Å². The summed E-state index contributed by atoms with van der Waals surface area (Å²) >= 11 is 0. The van der Waals surface area contributed by atoms with Crippen LogP contribution in [0.15, 0.2) is 0 Å². The van der Waals surface area contributed by atoms with Gasteiger partial charge >= 0.3 is 0 Å². The quantitative estimate of drug-likeness (QED) is 0.640. The van der Waals surface area contributed by atoms with Gasteiger partial charge in [-0.15, -0.1) is 0 Å². The lowest BCUT2D eigenvalue weighted by Gasteiger charge is -2.43. The zero-order valence-electron chi connectivity index (χ0n) is 8.62. The minimum atomic E-state index is 0.435. The van der Waals surface area contributed by atoms with E-state index in [1.165, 1.54) is 13.0 Å². The summed E-state index contributed by atoms with van der Waals surface area (Å²) < 4.78 is 5.76. The number of ether oxygens (including phenoxy) is 1. The highest BCUT2D eigenvalue weighted by Gasteiger charge is 2.32. The second kappa shape index (κ2) is 3.95. The molecule has 2 heterocycles. The van der Waals surface area contributed by atoms with Gasteiger partial charge in [0.1, 0.15) is 0 Å². The first-order valence-corrected chi connectivity index (χ1v) is 5.36. The number of rotatable bonds is 1. The second-order valence-corrected chi connectivity index (χ2v) is 4.35. The summed E-state index contributed by atoms with van der Waals surface area (Å²) in [5, 5.41) is 3.53. The van der Waals surface area contributed by atoms with Gasteiger partial charge in [0.2, 0.25) is 0 Å². The van der Waals surface area contributed by atoms with E-state index in [9.17, 15) is 0 Å². The first-order valence-electron chi connectivity index (χ1n) is 5.36. The molecular weight excluding hydrogens is 164 g/mol. The summed E-state index contributed by atoms with van der Waals surface area (Å²) in [7, 11) is 0. The molecule has 2 aliphatic rings. The number of hydrogen-bond donors (Lipinski definition) is 1. The van der Waals surface area contributed by atoms with Crippen LogP contribution in [-0.2, 0) is 4.74 Å². The van der Waals surface area contributed by atoms with Crippen LogP contribution in [0.4, 0.5) is 0 Å². The molecule has 3 nitrogen and oxygen atoms in total. The van der Waals surface area contributed by atoms with E-state index in [0.29, 0.717) is 18.2 Å². The van der Waals surface area contributed by atoms with E-state index >= 15 is 0 Å². The Kier molecular flexibility index (Phi) is 2.86. The molecule has 0 bridgehead atoms. The standard InChI is InChI=1S/C10H20N2O/c1-8(2)12-5-3-9-10(7-12)13-6-4-11-9/h8-11H,3-7H2,1-2H3/t9-,10+/m1/s1. The zero-order chi connectivity index (χ0) is 9.26. The van der Waals surface area contributed by atoms with E-state index in [4.69, 9.17) is 4.74 Å². The molecule has 13 heavy (non-hydrogen) atoms. The predicted molar refractivity (Wildman–Crippen MR) is 52.9 cm³/mol. The van der Waals surface area contributed by atoms with Crippen LogP contribution in [0.25, 0.3) is 0 Å². The average molecular weight is 184 g/mol. The van der Waals surface area contributed by atoms with Crippen molar-refractivity contribution in [3.63, 3.8) is 0 Å². The van der Waals surface area contributed by atoms with Crippen molar-refractivity contribution >= 4 is 0 Å². The third-order valence-electron chi connectivity index (χ3n) is 3.16. The van der Waals surface area contributed by atoms with E-state index < -0.39 is 0 Å². The largest absolute Gasteiger partial charge is 0.374 e. The normalized spacial score (nSPS) is 36.2. The lowest BCUT2D eigenvalue weighted by atomic mass is 9.99. The summed E-state index contributed by atoms with van der Waals surface area (Å²) in [6.07, 6.45) is 1.67. The molecule has 0 aromatic heterocycles. The zero-order valence-corrected chi connectivity index (χ0v) is 8.62. The van der Waals surface area contributed by atoms with Crippen molar-refractivity contribution in [3.05, 3.63) is 0 Å². The highest BCUT2D eigenvalue weighted by molar-refractivity contribution is 4.89. The highest BCUT2D eigenvalue weighted by atomic mass is 16.5. The molecule has 76 valence electrons. The Balaban J connectivity index is 1.91. The molecule has 1 N–H and O–H groups in total. The Labute approximate surface area is 80.4 Å². The van der Waals surface area contributed by atoms with Crippen LogP contribution in [0, 0.1) is 0 Å². The molecule has 0 aromatic carbocycles. The third kappa shape index (κ3) is 2.03. The SMILES string of the molecule is CC(C)N1CC[C@H]2NCCO[C@H]2C1. The Morgan fingerprint density at radius 1 is 1.46 bits per heavy atom. The van der Waals surface area contributed by atoms with Gasteiger partial charge < -0.3 is 10.1 Å². The molecule has 0 aliphatic carbocycles. The van der Waals surface area contributed by atoms with Crippen molar-refractivity contribution in [1.29, 1.82) is 0 Å². The maximum atomic E-state index is 5.76. The van der Waals surface area contributed by atoms with E-state index in [2.05, 4.69) is 24.1 Å². The third-order valence-corrected chi connectivity index (χ3v) is 3.16. The first-order chi connectivity index (χ1) is 6.27. The molecule has 2 atom stereocenters. The molecule has 0 aromatic rings. The molecule has 2 aliphatic heterocycles. The number of nitrogens with zero attached hydrogens (tertiary/aromatic N) is 1. The fourth-order valence-corrected chi connectivity index (χ4v) is 2.27. The van der Waals surface area contributed by atoms with Gasteiger partial charge in [-0.3, -0.25) is 4.90 Å². The van der Waals surface area contributed by atoms with E-state index in [1.807, 2.05) is 0 Å². The monoisotopic (exact) mass is 184 g/mol. The molecular formula is C10H20N2O. The van der Waals surface area contributed by atoms with Crippen LogP contribution >= 0.6 is 0 Å². The number of piperidine rings is 1. The van der Waals surface area contributed by atoms with Gasteiger partial charge in [0.05, 0.1) is 12.7 Å². The number of likely N-dealkylation sites (tertiary alicyclic amines) is 1. The number of morpholine rings is 1. The van der Waals surface area contributed by atoms with Crippen LogP contribution in [-0.4, -0.2) is 49.3 Å². The summed E-state index contributed by atoms with van der Waals surface area (Å²) in [6, 6.07) is 1.27. The van der Waals surface area contributed by atoms with Crippen molar-refractivity contribution in [2.45, 2.75) is 38.5 Å². The Hall–Kier alpha value is -0.120. The van der Waals surface area contributed by atoms with Crippen molar-refractivity contribution in [2.75, 3.05) is 26.2 Å². The topological polar surface area (TPSA) is 24.5 Å². The molecule has 2 rings (SSSR count). The molecule has 0 radical (unpaired) electrons. The Morgan fingerprint density at radius 3 is 3.08 bits per heavy atom.